The highest BCUT2D eigenvalue weighted by Crippen LogP contribution is 2.21. The van der Waals surface area contributed by atoms with Gasteiger partial charge in [-0.3, -0.25) is 0 Å². The Morgan fingerprint density at radius 1 is 1.31 bits per heavy atom. The second kappa shape index (κ2) is 6.97. The molecule has 0 fully saturated rings. The lowest BCUT2D eigenvalue weighted by Crippen LogP contribution is -2.14. The number of hydrogen-bond acceptors (Lipinski definition) is 2. The van der Waals surface area contributed by atoms with Gasteiger partial charge in [0.25, 0.3) is 0 Å². The van der Waals surface area contributed by atoms with Crippen molar-refractivity contribution in [3.63, 3.8) is 0 Å². The van der Waals surface area contributed by atoms with E-state index in [9.17, 15) is 0 Å². The molecule has 1 aromatic rings. The first-order valence-electron chi connectivity index (χ1n) is 6.05. The van der Waals surface area contributed by atoms with Crippen LogP contribution in [0, 0.1) is 13.8 Å². The number of unbranched alkanes of at least 4 members (excludes halogenated alkanes) is 1. The smallest absolute Gasteiger partial charge is 0.0389 e. The molecule has 90 valence electrons. The summed E-state index contributed by atoms with van der Waals surface area (Å²) >= 11 is 1.97. The molecule has 16 heavy (non-hydrogen) atoms. The largest absolute Gasteiger partial charge is 0.323 e. The lowest BCUT2D eigenvalue weighted by molar-refractivity contribution is 0.818. The third-order valence-electron chi connectivity index (χ3n) is 2.76. The van der Waals surface area contributed by atoms with Gasteiger partial charge in [-0.2, -0.15) is 11.8 Å². The quantitative estimate of drug-likeness (QED) is 0.761. The van der Waals surface area contributed by atoms with Crippen molar-refractivity contribution in [2.45, 2.75) is 39.7 Å². The van der Waals surface area contributed by atoms with Crippen molar-refractivity contribution in [2.75, 3.05) is 11.5 Å². The highest BCUT2D eigenvalue weighted by molar-refractivity contribution is 7.99. The molecule has 0 aliphatic rings. The van der Waals surface area contributed by atoms with E-state index in [1.165, 1.54) is 35.3 Å². The summed E-state index contributed by atoms with van der Waals surface area (Å²) in [5, 5.41) is 0. The molecule has 0 aromatic heterocycles. The lowest BCUT2D eigenvalue weighted by atomic mass is 10.0. The van der Waals surface area contributed by atoms with E-state index in [2.05, 4.69) is 39.0 Å². The summed E-state index contributed by atoms with van der Waals surface area (Å²) in [6.07, 6.45) is 2.57. The normalized spacial score (nSPS) is 12.8. The molecular weight excluding hydrogens is 214 g/mol. The van der Waals surface area contributed by atoms with Crippen LogP contribution >= 0.6 is 11.8 Å². The molecule has 0 saturated carbocycles. The predicted molar refractivity (Wildman–Crippen MR) is 75.1 cm³/mol. The molecule has 0 aliphatic heterocycles. The van der Waals surface area contributed by atoms with Gasteiger partial charge >= 0.3 is 0 Å². The van der Waals surface area contributed by atoms with Crippen LogP contribution in [0.3, 0.4) is 0 Å². The van der Waals surface area contributed by atoms with Crippen LogP contribution in [-0.4, -0.2) is 11.5 Å². The zero-order valence-corrected chi connectivity index (χ0v) is 11.4. The Balaban J connectivity index is 2.49. The summed E-state index contributed by atoms with van der Waals surface area (Å²) in [5.41, 5.74) is 10.1. The van der Waals surface area contributed by atoms with E-state index in [0.717, 1.165) is 5.75 Å². The van der Waals surface area contributed by atoms with Crippen molar-refractivity contribution >= 4 is 11.8 Å². The Bertz CT molecular complexity index is 323. The van der Waals surface area contributed by atoms with E-state index >= 15 is 0 Å². The second-order valence-corrected chi connectivity index (χ2v) is 5.54. The van der Waals surface area contributed by atoms with Gasteiger partial charge in [0.1, 0.15) is 0 Å². The van der Waals surface area contributed by atoms with Crippen molar-refractivity contribution in [3.8, 4) is 0 Å². The van der Waals surface area contributed by atoms with E-state index in [-0.39, 0.29) is 6.04 Å². The third-order valence-corrected chi connectivity index (χ3v) is 3.94. The first-order chi connectivity index (χ1) is 7.65. The fourth-order valence-corrected chi connectivity index (χ4v) is 2.88. The van der Waals surface area contributed by atoms with Gasteiger partial charge in [0, 0.05) is 11.8 Å². The fourth-order valence-electron chi connectivity index (χ4n) is 1.79. The Morgan fingerprint density at radius 3 is 2.69 bits per heavy atom. The van der Waals surface area contributed by atoms with Gasteiger partial charge in [0.05, 0.1) is 0 Å². The molecule has 0 bridgehead atoms. The van der Waals surface area contributed by atoms with Crippen LogP contribution in [0.15, 0.2) is 18.2 Å². The summed E-state index contributed by atoms with van der Waals surface area (Å²) in [7, 11) is 0. The highest BCUT2D eigenvalue weighted by Gasteiger charge is 2.08. The fraction of sp³-hybridized carbons (Fsp3) is 0.571. The number of aryl methyl sites for hydroxylation is 2. The first-order valence-corrected chi connectivity index (χ1v) is 7.21. The summed E-state index contributed by atoms with van der Waals surface area (Å²) in [6, 6.07) is 6.73. The van der Waals surface area contributed by atoms with Gasteiger partial charge in [0.2, 0.25) is 0 Å². The van der Waals surface area contributed by atoms with Gasteiger partial charge in [-0.05, 0) is 37.1 Å². The summed E-state index contributed by atoms with van der Waals surface area (Å²) in [4.78, 5) is 0. The minimum atomic E-state index is 0.183. The van der Waals surface area contributed by atoms with E-state index in [0.29, 0.717) is 0 Å². The molecule has 2 N–H and O–H groups in total. The van der Waals surface area contributed by atoms with Crippen LogP contribution in [0.2, 0.25) is 0 Å². The van der Waals surface area contributed by atoms with Crippen LogP contribution in [0.1, 0.15) is 42.5 Å². The molecule has 0 aliphatic carbocycles. The van der Waals surface area contributed by atoms with Crippen LogP contribution in [0.25, 0.3) is 0 Å². The van der Waals surface area contributed by atoms with E-state index < -0.39 is 0 Å². The minimum Gasteiger partial charge on any atom is -0.323 e. The topological polar surface area (TPSA) is 26.0 Å². The standard InChI is InChI=1S/C14H23NS/c1-4-5-8-16-10-14(15)13-7-6-11(2)9-12(13)3/h6-7,9,14H,4-5,8,10,15H2,1-3H3. The average Bonchev–Trinajstić information content (AvgIpc) is 2.24. The van der Waals surface area contributed by atoms with Crippen LogP contribution < -0.4 is 5.73 Å². The summed E-state index contributed by atoms with van der Waals surface area (Å²) in [6.45, 7) is 6.50. The number of hydrogen-bond donors (Lipinski definition) is 1. The van der Waals surface area contributed by atoms with Gasteiger partial charge in [-0.25, -0.2) is 0 Å². The Kier molecular flexibility index (Phi) is 5.93. The Morgan fingerprint density at radius 2 is 2.06 bits per heavy atom. The molecule has 0 heterocycles. The monoisotopic (exact) mass is 237 g/mol. The van der Waals surface area contributed by atoms with Crippen LogP contribution in [-0.2, 0) is 0 Å². The van der Waals surface area contributed by atoms with Crippen molar-refractivity contribution in [1.29, 1.82) is 0 Å². The minimum absolute atomic E-state index is 0.183. The number of benzene rings is 1. The third kappa shape index (κ3) is 4.18. The first kappa shape index (κ1) is 13.6. The second-order valence-electron chi connectivity index (χ2n) is 4.40. The zero-order valence-electron chi connectivity index (χ0n) is 10.6. The van der Waals surface area contributed by atoms with Gasteiger partial charge in [-0.1, -0.05) is 37.1 Å². The predicted octanol–water partition coefficient (Wildman–Crippen LogP) is 3.84. The maximum Gasteiger partial charge on any atom is 0.0389 e. The maximum absolute atomic E-state index is 6.21. The van der Waals surface area contributed by atoms with Gasteiger partial charge in [0.15, 0.2) is 0 Å². The average molecular weight is 237 g/mol. The molecule has 1 unspecified atom stereocenters. The van der Waals surface area contributed by atoms with Gasteiger partial charge < -0.3 is 5.73 Å². The zero-order chi connectivity index (χ0) is 12.0. The van der Waals surface area contributed by atoms with E-state index in [4.69, 9.17) is 5.73 Å². The molecule has 0 spiro atoms. The van der Waals surface area contributed by atoms with Gasteiger partial charge in [-0.15, -0.1) is 0 Å². The van der Waals surface area contributed by atoms with Crippen molar-refractivity contribution in [1.82, 2.24) is 0 Å². The molecule has 1 rings (SSSR count). The van der Waals surface area contributed by atoms with Crippen LogP contribution in [0.4, 0.5) is 0 Å². The molecule has 1 aromatic carbocycles. The maximum atomic E-state index is 6.21. The Hall–Kier alpha value is -0.470. The molecular formula is C14H23NS. The molecule has 0 amide bonds. The van der Waals surface area contributed by atoms with Crippen molar-refractivity contribution in [2.24, 2.45) is 5.73 Å². The van der Waals surface area contributed by atoms with Crippen molar-refractivity contribution in [3.05, 3.63) is 34.9 Å². The summed E-state index contributed by atoms with van der Waals surface area (Å²) < 4.78 is 0. The number of nitrogens with two attached hydrogens (primary N) is 1. The molecule has 0 radical (unpaired) electrons. The van der Waals surface area contributed by atoms with E-state index in [1.54, 1.807) is 0 Å². The van der Waals surface area contributed by atoms with E-state index in [1.807, 2.05) is 11.8 Å². The van der Waals surface area contributed by atoms with Crippen molar-refractivity contribution < 1.29 is 0 Å². The lowest BCUT2D eigenvalue weighted by Gasteiger charge is -2.14. The number of thioether (sulfide) groups is 1. The molecule has 2 heteroatoms. The number of rotatable bonds is 6. The summed E-state index contributed by atoms with van der Waals surface area (Å²) in [5.74, 6) is 2.26. The molecule has 1 nitrogen and oxygen atoms in total. The Labute approximate surface area is 104 Å². The molecule has 1 atom stereocenters. The highest BCUT2D eigenvalue weighted by atomic mass is 32.2. The SMILES string of the molecule is CCCCSCC(N)c1ccc(C)cc1C. The van der Waals surface area contributed by atoms with Crippen LogP contribution in [0.5, 0.6) is 0 Å². The molecule has 0 saturated heterocycles.